The van der Waals surface area contributed by atoms with Crippen LogP contribution in [-0.2, 0) is 9.53 Å². The van der Waals surface area contributed by atoms with Gasteiger partial charge in [-0.2, -0.15) is 0 Å². The van der Waals surface area contributed by atoms with Gasteiger partial charge >= 0.3 is 5.97 Å². The minimum atomic E-state index is -1.88. The molecular formula is C6H10O5. The SMILES string of the molecule is CC1(O)C(=O)O[C@H](CO)[C@@H]1O. The molecule has 1 unspecified atom stereocenters. The Morgan fingerprint density at radius 3 is 2.45 bits per heavy atom. The van der Waals surface area contributed by atoms with E-state index in [1.54, 1.807) is 0 Å². The predicted octanol–water partition coefficient (Wildman–Crippen LogP) is -1.98. The molecule has 0 amide bonds. The van der Waals surface area contributed by atoms with E-state index in [9.17, 15) is 9.90 Å². The van der Waals surface area contributed by atoms with E-state index < -0.39 is 30.4 Å². The van der Waals surface area contributed by atoms with Gasteiger partial charge in [-0.25, -0.2) is 4.79 Å². The first kappa shape index (κ1) is 8.45. The van der Waals surface area contributed by atoms with E-state index in [0.717, 1.165) is 6.92 Å². The van der Waals surface area contributed by atoms with Crippen LogP contribution in [0, 0.1) is 0 Å². The molecule has 0 aromatic rings. The highest BCUT2D eigenvalue weighted by Gasteiger charge is 2.52. The highest BCUT2D eigenvalue weighted by atomic mass is 16.6. The van der Waals surface area contributed by atoms with E-state index in [0.29, 0.717) is 0 Å². The maximum atomic E-state index is 10.7. The van der Waals surface area contributed by atoms with Gasteiger partial charge in [0.05, 0.1) is 6.61 Å². The van der Waals surface area contributed by atoms with Crippen molar-refractivity contribution in [3.63, 3.8) is 0 Å². The Hall–Kier alpha value is -0.650. The first-order valence-electron chi connectivity index (χ1n) is 3.22. The van der Waals surface area contributed by atoms with Gasteiger partial charge in [-0.3, -0.25) is 0 Å². The van der Waals surface area contributed by atoms with Gasteiger partial charge in [0, 0.05) is 0 Å². The standard InChI is InChI=1S/C6H10O5/c1-6(10)4(8)3(2-7)11-5(6)9/h3-4,7-8,10H,2H2,1H3/t3-,4+,6?/m1/s1. The number of aliphatic hydroxyl groups excluding tert-OH is 2. The monoisotopic (exact) mass is 162 g/mol. The Labute approximate surface area is 63.2 Å². The van der Waals surface area contributed by atoms with Crippen molar-refractivity contribution in [3.8, 4) is 0 Å². The maximum absolute atomic E-state index is 10.7. The van der Waals surface area contributed by atoms with Crippen LogP contribution in [0.4, 0.5) is 0 Å². The molecular weight excluding hydrogens is 152 g/mol. The summed E-state index contributed by atoms with van der Waals surface area (Å²) in [5.41, 5.74) is -1.88. The second-order valence-electron chi connectivity index (χ2n) is 2.72. The molecule has 0 aliphatic carbocycles. The van der Waals surface area contributed by atoms with E-state index in [4.69, 9.17) is 10.2 Å². The lowest BCUT2D eigenvalue weighted by atomic mass is 9.99. The van der Waals surface area contributed by atoms with Gasteiger partial charge in [0.2, 0.25) is 0 Å². The highest BCUT2D eigenvalue weighted by molar-refractivity contribution is 5.82. The van der Waals surface area contributed by atoms with Gasteiger partial charge in [-0.15, -0.1) is 0 Å². The quantitative estimate of drug-likeness (QED) is 0.389. The molecule has 3 N–H and O–H groups in total. The lowest BCUT2D eigenvalue weighted by Gasteiger charge is -2.16. The summed E-state index contributed by atoms with van der Waals surface area (Å²) in [4.78, 5) is 10.7. The third kappa shape index (κ3) is 1.11. The van der Waals surface area contributed by atoms with Crippen molar-refractivity contribution in [2.24, 2.45) is 0 Å². The Morgan fingerprint density at radius 2 is 2.27 bits per heavy atom. The van der Waals surface area contributed by atoms with Crippen LogP contribution in [0.2, 0.25) is 0 Å². The van der Waals surface area contributed by atoms with E-state index in [2.05, 4.69) is 4.74 Å². The lowest BCUT2D eigenvalue weighted by molar-refractivity contribution is -0.155. The van der Waals surface area contributed by atoms with Crippen LogP contribution in [0.3, 0.4) is 0 Å². The minimum absolute atomic E-state index is 0.483. The van der Waals surface area contributed by atoms with E-state index in [1.807, 2.05) is 0 Å². The van der Waals surface area contributed by atoms with Gasteiger partial charge in [-0.1, -0.05) is 0 Å². The molecule has 0 saturated carbocycles. The molecule has 1 heterocycles. The summed E-state index contributed by atoms with van der Waals surface area (Å²) in [5, 5.41) is 26.9. The van der Waals surface area contributed by atoms with Crippen molar-refractivity contribution in [2.45, 2.75) is 24.7 Å². The number of carbonyl (C=O) groups excluding carboxylic acids is 1. The molecule has 0 aromatic carbocycles. The molecule has 0 spiro atoms. The zero-order valence-corrected chi connectivity index (χ0v) is 6.02. The summed E-state index contributed by atoms with van der Waals surface area (Å²) in [5.74, 6) is -0.899. The fraction of sp³-hybridized carbons (Fsp3) is 0.833. The Morgan fingerprint density at radius 1 is 1.73 bits per heavy atom. The predicted molar refractivity (Wildman–Crippen MR) is 33.6 cm³/mol. The molecule has 0 aromatic heterocycles. The zero-order chi connectivity index (χ0) is 8.65. The highest BCUT2D eigenvalue weighted by Crippen LogP contribution is 2.25. The van der Waals surface area contributed by atoms with Gasteiger partial charge in [0.1, 0.15) is 6.10 Å². The fourth-order valence-corrected chi connectivity index (χ4v) is 0.941. The molecule has 1 aliphatic heterocycles. The number of esters is 1. The van der Waals surface area contributed by atoms with E-state index in [-0.39, 0.29) is 0 Å². The van der Waals surface area contributed by atoms with Crippen LogP contribution < -0.4 is 0 Å². The van der Waals surface area contributed by atoms with Crippen LogP contribution in [0.5, 0.6) is 0 Å². The number of hydrogen-bond acceptors (Lipinski definition) is 5. The van der Waals surface area contributed by atoms with Crippen LogP contribution in [0.25, 0.3) is 0 Å². The summed E-state index contributed by atoms with van der Waals surface area (Å²) >= 11 is 0. The molecule has 5 nitrogen and oxygen atoms in total. The Kier molecular flexibility index (Phi) is 1.87. The summed E-state index contributed by atoms with van der Waals surface area (Å²) in [6, 6.07) is 0. The van der Waals surface area contributed by atoms with Gasteiger partial charge in [0.15, 0.2) is 11.7 Å². The third-order valence-electron chi connectivity index (χ3n) is 1.78. The zero-order valence-electron chi connectivity index (χ0n) is 6.02. The van der Waals surface area contributed by atoms with Crippen molar-refractivity contribution in [1.82, 2.24) is 0 Å². The topological polar surface area (TPSA) is 87.0 Å². The number of carbonyl (C=O) groups is 1. The summed E-state index contributed by atoms with van der Waals surface area (Å²) < 4.78 is 4.45. The number of aliphatic hydroxyl groups is 3. The molecule has 1 rings (SSSR count). The number of cyclic esters (lactones) is 1. The molecule has 5 heteroatoms. The number of ether oxygens (including phenoxy) is 1. The normalized spacial score (nSPS) is 44.2. The van der Waals surface area contributed by atoms with Crippen LogP contribution in [-0.4, -0.2) is 45.7 Å². The minimum Gasteiger partial charge on any atom is -0.455 e. The second-order valence-corrected chi connectivity index (χ2v) is 2.72. The van der Waals surface area contributed by atoms with Crippen molar-refractivity contribution < 1.29 is 24.9 Å². The molecule has 64 valence electrons. The van der Waals surface area contributed by atoms with Crippen LogP contribution in [0.1, 0.15) is 6.92 Å². The lowest BCUT2D eigenvalue weighted by Crippen LogP contribution is -2.43. The first-order valence-corrected chi connectivity index (χ1v) is 3.22. The number of rotatable bonds is 1. The smallest absolute Gasteiger partial charge is 0.341 e. The van der Waals surface area contributed by atoms with Crippen molar-refractivity contribution in [3.05, 3.63) is 0 Å². The van der Waals surface area contributed by atoms with Gasteiger partial charge in [0.25, 0.3) is 0 Å². The number of hydrogen-bond donors (Lipinski definition) is 3. The molecule has 0 bridgehead atoms. The molecule has 11 heavy (non-hydrogen) atoms. The average molecular weight is 162 g/mol. The molecule has 0 radical (unpaired) electrons. The van der Waals surface area contributed by atoms with Crippen molar-refractivity contribution in [1.29, 1.82) is 0 Å². The first-order chi connectivity index (χ1) is 5.00. The molecule has 3 atom stereocenters. The average Bonchev–Trinajstić information content (AvgIpc) is 2.14. The third-order valence-corrected chi connectivity index (χ3v) is 1.78. The Bertz CT molecular complexity index is 176. The summed E-state index contributed by atoms with van der Waals surface area (Å²) in [6.45, 7) is 0.665. The molecule has 1 aliphatic rings. The molecule has 1 saturated heterocycles. The fourth-order valence-electron chi connectivity index (χ4n) is 0.941. The van der Waals surface area contributed by atoms with Gasteiger partial charge in [-0.05, 0) is 6.92 Å². The Balaban J connectivity index is 2.80. The van der Waals surface area contributed by atoms with E-state index >= 15 is 0 Å². The van der Waals surface area contributed by atoms with Gasteiger partial charge < -0.3 is 20.1 Å². The summed E-state index contributed by atoms with van der Waals surface area (Å²) in [7, 11) is 0. The van der Waals surface area contributed by atoms with Crippen LogP contribution >= 0.6 is 0 Å². The summed E-state index contributed by atoms with van der Waals surface area (Å²) in [6.07, 6.45) is -2.35. The largest absolute Gasteiger partial charge is 0.455 e. The van der Waals surface area contributed by atoms with Crippen molar-refractivity contribution in [2.75, 3.05) is 6.61 Å². The van der Waals surface area contributed by atoms with Crippen molar-refractivity contribution >= 4 is 5.97 Å². The second kappa shape index (κ2) is 2.44. The van der Waals surface area contributed by atoms with Crippen LogP contribution in [0.15, 0.2) is 0 Å². The maximum Gasteiger partial charge on any atom is 0.341 e. The molecule has 1 fully saturated rings. The van der Waals surface area contributed by atoms with E-state index in [1.165, 1.54) is 0 Å².